The van der Waals surface area contributed by atoms with E-state index in [9.17, 15) is 14.4 Å². The van der Waals surface area contributed by atoms with Crippen LogP contribution in [-0.2, 0) is 19.1 Å². The van der Waals surface area contributed by atoms with Crippen LogP contribution in [0, 0.1) is 5.92 Å². The van der Waals surface area contributed by atoms with Crippen molar-refractivity contribution >= 4 is 23.9 Å². The summed E-state index contributed by atoms with van der Waals surface area (Å²) in [7, 11) is 0. The van der Waals surface area contributed by atoms with E-state index >= 15 is 0 Å². The Labute approximate surface area is 188 Å². The highest BCUT2D eigenvalue weighted by Gasteiger charge is 2.28. The van der Waals surface area contributed by atoms with Gasteiger partial charge in [0, 0.05) is 19.2 Å². The Morgan fingerprint density at radius 1 is 0.969 bits per heavy atom. The maximum Gasteiger partial charge on any atom is 0.309 e. The Balaban J connectivity index is 1.29. The Morgan fingerprint density at radius 2 is 1.62 bits per heavy atom. The van der Waals surface area contributed by atoms with Crippen LogP contribution in [0.5, 0.6) is 5.75 Å². The predicted octanol–water partition coefficient (Wildman–Crippen LogP) is 2.68. The second-order valence-electron chi connectivity index (χ2n) is 7.46. The second-order valence-corrected chi connectivity index (χ2v) is 7.46. The van der Waals surface area contributed by atoms with Gasteiger partial charge in [0.05, 0.1) is 12.5 Å². The number of piperidine rings is 1. The molecule has 0 saturated carbocycles. The number of esters is 1. The van der Waals surface area contributed by atoms with Crippen molar-refractivity contribution in [3.05, 3.63) is 72.3 Å². The van der Waals surface area contributed by atoms with E-state index in [0.717, 1.165) is 11.3 Å². The van der Waals surface area contributed by atoms with Crippen molar-refractivity contribution in [3.63, 3.8) is 0 Å². The molecule has 1 saturated heterocycles. The average Bonchev–Trinajstić information content (AvgIpc) is 2.85. The summed E-state index contributed by atoms with van der Waals surface area (Å²) in [6, 6.07) is 18.9. The van der Waals surface area contributed by atoms with Gasteiger partial charge >= 0.3 is 5.97 Å². The van der Waals surface area contributed by atoms with Gasteiger partial charge < -0.3 is 19.7 Å². The fourth-order valence-corrected chi connectivity index (χ4v) is 3.35. The van der Waals surface area contributed by atoms with Crippen molar-refractivity contribution in [1.82, 2.24) is 10.2 Å². The summed E-state index contributed by atoms with van der Waals surface area (Å²) in [6.45, 7) is 1.31. The van der Waals surface area contributed by atoms with Gasteiger partial charge in [-0.2, -0.15) is 0 Å². The van der Waals surface area contributed by atoms with Crippen LogP contribution in [0.4, 0.5) is 0 Å². The SMILES string of the molecule is O=C(COC(=O)C1CCN(C(=O)/C=C/c2ccccc2)CC1)NCCOc1ccccc1. The molecule has 1 aliphatic rings. The number of benzene rings is 2. The van der Waals surface area contributed by atoms with Crippen LogP contribution >= 0.6 is 0 Å². The number of nitrogens with zero attached hydrogens (tertiary/aromatic N) is 1. The van der Waals surface area contributed by atoms with E-state index in [-0.39, 0.29) is 24.3 Å². The molecule has 7 nitrogen and oxygen atoms in total. The lowest BCUT2D eigenvalue weighted by Gasteiger charge is -2.30. The van der Waals surface area contributed by atoms with Crippen LogP contribution in [0.1, 0.15) is 18.4 Å². The largest absolute Gasteiger partial charge is 0.492 e. The standard InChI is InChI=1S/C25H28N2O5/c28-23(26-15-18-31-22-9-5-2-6-10-22)19-32-25(30)21-13-16-27(17-14-21)24(29)12-11-20-7-3-1-4-8-20/h1-12,21H,13-19H2,(H,26,28)/b12-11+. The maximum atomic E-state index is 12.3. The molecular weight excluding hydrogens is 408 g/mol. The molecule has 2 amide bonds. The molecule has 7 heteroatoms. The van der Waals surface area contributed by atoms with Gasteiger partial charge in [0.25, 0.3) is 5.91 Å². The monoisotopic (exact) mass is 436 g/mol. The Bertz CT molecular complexity index is 906. The topological polar surface area (TPSA) is 84.9 Å². The Morgan fingerprint density at radius 3 is 2.31 bits per heavy atom. The molecule has 0 atom stereocenters. The highest BCUT2D eigenvalue weighted by Crippen LogP contribution is 2.19. The number of amides is 2. The zero-order valence-corrected chi connectivity index (χ0v) is 17.9. The number of likely N-dealkylation sites (tertiary alicyclic amines) is 1. The molecule has 0 bridgehead atoms. The molecule has 0 aliphatic carbocycles. The van der Waals surface area contributed by atoms with Crippen molar-refractivity contribution in [2.45, 2.75) is 12.8 Å². The van der Waals surface area contributed by atoms with Crippen LogP contribution in [0.2, 0.25) is 0 Å². The summed E-state index contributed by atoms with van der Waals surface area (Å²) in [4.78, 5) is 38.2. The lowest BCUT2D eigenvalue weighted by atomic mass is 9.97. The summed E-state index contributed by atoms with van der Waals surface area (Å²) >= 11 is 0. The lowest BCUT2D eigenvalue weighted by molar-refractivity contribution is -0.154. The number of para-hydroxylation sites is 1. The minimum absolute atomic E-state index is 0.0715. The number of ether oxygens (including phenoxy) is 2. The summed E-state index contributed by atoms with van der Waals surface area (Å²) < 4.78 is 10.6. The molecule has 0 spiro atoms. The van der Waals surface area contributed by atoms with E-state index < -0.39 is 5.97 Å². The highest BCUT2D eigenvalue weighted by molar-refractivity contribution is 5.92. The number of hydrogen-bond donors (Lipinski definition) is 1. The van der Waals surface area contributed by atoms with Gasteiger partial charge in [-0.15, -0.1) is 0 Å². The van der Waals surface area contributed by atoms with Crippen molar-refractivity contribution in [3.8, 4) is 5.75 Å². The molecule has 3 rings (SSSR count). The third-order valence-corrected chi connectivity index (χ3v) is 5.14. The first-order chi connectivity index (χ1) is 15.6. The minimum atomic E-state index is -0.396. The van der Waals surface area contributed by atoms with Crippen molar-refractivity contribution in [1.29, 1.82) is 0 Å². The first-order valence-electron chi connectivity index (χ1n) is 10.7. The molecule has 0 aromatic heterocycles. The second kappa shape index (κ2) is 12.3. The van der Waals surface area contributed by atoms with Crippen LogP contribution in [0.25, 0.3) is 6.08 Å². The highest BCUT2D eigenvalue weighted by atomic mass is 16.5. The average molecular weight is 437 g/mol. The van der Waals surface area contributed by atoms with Crippen LogP contribution in [0.15, 0.2) is 66.7 Å². The van der Waals surface area contributed by atoms with Gasteiger partial charge in [-0.1, -0.05) is 48.5 Å². The van der Waals surface area contributed by atoms with E-state index in [1.54, 1.807) is 17.1 Å². The molecule has 0 radical (unpaired) electrons. The first-order valence-corrected chi connectivity index (χ1v) is 10.7. The third kappa shape index (κ3) is 7.58. The fraction of sp³-hybridized carbons (Fsp3) is 0.320. The van der Waals surface area contributed by atoms with Crippen LogP contribution in [0.3, 0.4) is 0 Å². The quantitative estimate of drug-likeness (QED) is 0.371. The molecule has 1 heterocycles. The Hall–Kier alpha value is -3.61. The minimum Gasteiger partial charge on any atom is -0.492 e. The number of hydrogen-bond acceptors (Lipinski definition) is 5. The fourth-order valence-electron chi connectivity index (χ4n) is 3.35. The smallest absolute Gasteiger partial charge is 0.309 e. The van der Waals surface area contributed by atoms with Gasteiger partial charge in [0.1, 0.15) is 12.4 Å². The van der Waals surface area contributed by atoms with Crippen molar-refractivity contribution in [2.75, 3.05) is 32.8 Å². The Kier molecular flexibility index (Phi) is 8.86. The molecule has 2 aromatic carbocycles. The van der Waals surface area contributed by atoms with Crippen molar-refractivity contribution < 1.29 is 23.9 Å². The maximum absolute atomic E-state index is 12.3. The zero-order chi connectivity index (χ0) is 22.6. The summed E-state index contributed by atoms with van der Waals surface area (Å²) in [6.07, 6.45) is 4.39. The van der Waals surface area contributed by atoms with Gasteiger partial charge in [0.2, 0.25) is 5.91 Å². The molecule has 1 aliphatic heterocycles. The number of nitrogens with one attached hydrogen (secondary N) is 1. The van der Waals surface area contributed by atoms with Crippen LogP contribution in [-0.4, -0.2) is 55.5 Å². The molecule has 32 heavy (non-hydrogen) atoms. The zero-order valence-electron chi connectivity index (χ0n) is 17.9. The number of carbonyl (C=O) groups is 3. The molecule has 1 fully saturated rings. The van der Waals surface area contributed by atoms with Gasteiger partial charge in [-0.3, -0.25) is 14.4 Å². The number of carbonyl (C=O) groups excluding carboxylic acids is 3. The summed E-state index contributed by atoms with van der Waals surface area (Å²) in [5.41, 5.74) is 0.962. The number of rotatable bonds is 9. The van der Waals surface area contributed by atoms with E-state index in [0.29, 0.717) is 39.1 Å². The summed E-state index contributed by atoms with van der Waals surface area (Å²) in [5.74, 6) is -0.404. The van der Waals surface area contributed by atoms with E-state index in [4.69, 9.17) is 9.47 Å². The summed E-state index contributed by atoms with van der Waals surface area (Å²) in [5, 5.41) is 2.66. The van der Waals surface area contributed by atoms with Gasteiger partial charge in [-0.05, 0) is 36.6 Å². The van der Waals surface area contributed by atoms with Gasteiger partial charge in [0.15, 0.2) is 6.61 Å². The molecule has 168 valence electrons. The molecular formula is C25H28N2O5. The third-order valence-electron chi connectivity index (χ3n) is 5.14. The normalized spacial score (nSPS) is 14.2. The molecule has 1 N–H and O–H groups in total. The van der Waals surface area contributed by atoms with E-state index in [1.165, 1.54) is 0 Å². The first kappa shape index (κ1) is 23.1. The van der Waals surface area contributed by atoms with E-state index in [2.05, 4.69) is 5.32 Å². The molecule has 0 unspecified atom stereocenters. The van der Waals surface area contributed by atoms with Crippen molar-refractivity contribution in [2.24, 2.45) is 5.92 Å². The lowest BCUT2D eigenvalue weighted by Crippen LogP contribution is -2.40. The molecule has 2 aromatic rings. The van der Waals surface area contributed by atoms with E-state index in [1.807, 2.05) is 60.7 Å². The van der Waals surface area contributed by atoms with Gasteiger partial charge in [-0.25, -0.2) is 0 Å². The predicted molar refractivity (Wildman–Crippen MR) is 121 cm³/mol. The van der Waals surface area contributed by atoms with Crippen LogP contribution < -0.4 is 10.1 Å².